The van der Waals surface area contributed by atoms with Crippen molar-refractivity contribution in [2.75, 3.05) is 13.2 Å². The van der Waals surface area contributed by atoms with Crippen LogP contribution in [0.15, 0.2) is 0 Å². The number of aliphatic hydroxyl groups is 2. The average Bonchev–Trinajstić information content (AvgIpc) is 1.66. The lowest BCUT2D eigenvalue weighted by Gasteiger charge is -1.99. The van der Waals surface area contributed by atoms with E-state index in [1.165, 1.54) is 0 Å². The van der Waals surface area contributed by atoms with Crippen molar-refractivity contribution in [1.82, 2.24) is 0 Å². The van der Waals surface area contributed by atoms with Crippen molar-refractivity contribution in [2.24, 2.45) is 0 Å². The van der Waals surface area contributed by atoms with E-state index in [4.69, 9.17) is 16.6 Å². The molecule has 8 heavy (non-hydrogen) atoms. The molecule has 0 aromatic heterocycles. The van der Waals surface area contributed by atoms with Crippen molar-refractivity contribution in [3.05, 3.63) is 0 Å². The fourth-order valence-corrected chi connectivity index (χ4v) is 0.223. The van der Waals surface area contributed by atoms with Crippen LogP contribution in [0, 0.1) is 12.3 Å². The third-order valence-electron chi connectivity index (χ3n) is 0.452. The number of rotatable bonds is 3. The minimum Gasteiger partial charge on any atom is -0.366 e. The fourth-order valence-electron chi connectivity index (χ4n) is 0.223. The number of aliphatic hydroxyl groups excluding tert-OH is 1. The summed E-state index contributed by atoms with van der Waals surface area (Å²) in [7, 11) is 0. The van der Waals surface area contributed by atoms with E-state index in [1.54, 1.807) is 0 Å². The Morgan fingerprint density at radius 1 is 1.62 bits per heavy atom. The van der Waals surface area contributed by atoms with Gasteiger partial charge in [-0.05, 0) is 0 Å². The molecule has 0 unspecified atom stereocenters. The van der Waals surface area contributed by atoms with Gasteiger partial charge in [-0.3, -0.25) is 0 Å². The van der Waals surface area contributed by atoms with Crippen molar-refractivity contribution in [3.63, 3.8) is 0 Å². The molecule has 0 rings (SSSR count). The van der Waals surface area contributed by atoms with Crippen LogP contribution in [-0.2, 0) is 4.74 Å². The van der Waals surface area contributed by atoms with Gasteiger partial charge >= 0.3 is 0 Å². The molecule has 0 aliphatic carbocycles. The van der Waals surface area contributed by atoms with Crippen LogP contribution < -0.4 is 0 Å². The van der Waals surface area contributed by atoms with Gasteiger partial charge in [-0.2, -0.15) is 0 Å². The van der Waals surface area contributed by atoms with Gasteiger partial charge in [0, 0.05) is 0 Å². The van der Waals surface area contributed by atoms with E-state index in [0.717, 1.165) is 0 Å². The molecule has 3 nitrogen and oxygen atoms in total. The van der Waals surface area contributed by atoms with Gasteiger partial charge in [-0.15, -0.1) is 6.42 Å². The number of hydrogen-bond acceptors (Lipinski definition) is 3. The van der Waals surface area contributed by atoms with E-state index in [1.807, 2.05) is 0 Å². The van der Waals surface area contributed by atoms with Crippen LogP contribution >= 0.6 is 0 Å². The second-order valence-corrected chi connectivity index (χ2v) is 1.20. The first-order chi connectivity index (χ1) is 3.77. The highest BCUT2D eigenvalue weighted by Gasteiger charge is 1.92. The lowest BCUT2D eigenvalue weighted by atomic mass is 10.7. The summed E-state index contributed by atoms with van der Waals surface area (Å²) in [4.78, 5) is 0. The highest BCUT2D eigenvalue weighted by atomic mass is 16.5. The van der Waals surface area contributed by atoms with Gasteiger partial charge in [0.15, 0.2) is 6.29 Å². The summed E-state index contributed by atoms with van der Waals surface area (Å²) in [6.07, 6.45) is 3.36. The second-order valence-electron chi connectivity index (χ2n) is 1.20. The zero-order valence-electron chi connectivity index (χ0n) is 4.37. The van der Waals surface area contributed by atoms with Crippen molar-refractivity contribution in [3.8, 4) is 12.3 Å². The van der Waals surface area contributed by atoms with Crippen LogP contribution in [0.3, 0.4) is 0 Å². The number of ether oxygens (including phenoxy) is 1. The monoisotopic (exact) mass is 116 g/mol. The summed E-state index contributed by atoms with van der Waals surface area (Å²) >= 11 is 0. The average molecular weight is 116 g/mol. The Balaban J connectivity index is 2.85. The molecular weight excluding hydrogens is 108 g/mol. The Hall–Kier alpha value is -0.560. The van der Waals surface area contributed by atoms with Crippen LogP contribution in [-0.4, -0.2) is 29.7 Å². The highest BCUT2D eigenvalue weighted by molar-refractivity contribution is 4.82. The Kier molecular flexibility index (Phi) is 4.27. The smallest absolute Gasteiger partial charge is 0.175 e. The summed E-state index contributed by atoms with van der Waals surface area (Å²) in [5.74, 6) is 2.18. The van der Waals surface area contributed by atoms with Crippen LogP contribution in [0.4, 0.5) is 0 Å². The van der Waals surface area contributed by atoms with Gasteiger partial charge < -0.3 is 14.9 Å². The summed E-state index contributed by atoms with van der Waals surface area (Å²) in [6.45, 7) is 0.00181. The molecule has 0 fully saturated rings. The zero-order chi connectivity index (χ0) is 6.41. The third-order valence-corrected chi connectivity index (χ3v) is 0.452. The van der Waals surface area contributed by atoms with Crippen molar-refractivity contribution < 1.29 is 14.9 Å². The largest absolute Gasteiger partial charge is 0.366 e. The fraction of sp³-hybridized carbons (Fsp3) is 0.600. The molecule has 0 heterocycles. The Bertz CT molecular complexity index is 82.2. The van der Waals surface area contributed by atoms with E-state index in [0.29, 0.717) is 0 Å². The van der Waals surface area contributed by atoms with Gasteiger partial charge in [0.1, 0.15) is 6.61 Å². The first kappa shape index (κ1) is 7.44. The van der Waals surface area contributed by atoms with Gasteiger partial charge in [0.2, 0.25) is 0 Å². The van der Waals surface area contributed by atoms with Crippen molar-refractivity contribution in [1.29, 1.82) is 0 Å². The van der Waals surface area contributed by atoms with Gasteiger partial charge in [-0.1, -0.05) is 5.92 Å². The lowest BCUT2D eigenvalue weighted by molar-refractivity contribution is -0.0897. The maximum atomic E-state index is 8.14. The first-order valence-corrected chi connectivity index (χ1v) is 2.14. The highest BCUT2D eigenvalue weighted by Crippen LogP contribution is 1.76. The van der Waals surface area contributed by atoms with Gasteiger partial charge in [0.05, 0.1) is 6.61 Å². The van der Waals surface area contributed by atoms with E-state index in [2.05, 4.69) is 10.7 Å². The minimum absolute atomic E-state index is 0.121. The van der Waals surface area contributed by atoms with Crippen LogP contribution in [0.25, 0.3) is 0 Å². The molecule has 0 saturated carbocycles. The Morgan fingerprint density at radius 3 is 2.62 bits per heavy atom. The molecule has 0 aromatic rings. The molecule has 0 radical (unpaired) electrons. The SMILES string of the molecule is C#CCOCC(O)O. The normalized spacial score (nSPS) is 9.25. The Labute approximate surface area is 47.9 Å². The quantitative estimate of drug-likeness (QED) is 0.281. The molecule has 0 bridgehead atoms. The van der Waals surface area contributed by atoms with E-state index in [-0.39, 0.29) is 13.2 Å². The standard InChI is InChI=1S/C5H8O3/c1-2-3-8-4-5(6)7/h1,5-7H,3-4H2. The molecule has 0 spiro atoms. The van der Waals surface area contributed by atoms with Gasteiger partial charge in [-0.25, -0.2) is 0 Å². The maximum Gasteiger partial charge on any atom is 0.175 e. The predicted molar refractivity (Wildman–Crippen MR) is 27.9 cm³/mol. The summed E-state index contributed by atoms with van der Waals surface area (Å²) in [6, 6.07) is 0. The summed E-state index contributed by atoms with van der Waals surface area (Å²) < 4.78 is 4.51. The van der Waals surface area contributed by atoms with Crippen LogP contribution in [0.1, 0.15) is 0 Å². The Morgan fingerprint density at radius 2 is 2.25 bits per heavy atom. The van der Waals surface area contributed by atoms with Crippen LogP contribution in [0.5, 0.6) is 0 Å². The van der Waals surface area contributed by atoms with Crippen LogP contribution in [0.2, 0.25) is 0 Å². The summed E-state index contributed by atoms with van der Waals surface area (Å²) in [5.41, 5.74) is 0. The molecule has 0 aliphatic heterocycles. The molecule has 0 atom stereocenters. The van der Waals surface area contributed by atoms with E-state index >= 15 is 0 Å². The number of hydrogen-bond donors (Lipinski definition) is 2. The molecule has 0 saturated heterocycles. The van der Waals surface area contributed by atoms with E-state index < -0.39 is 6.29 Å². The minimum atomic E-state index is -1.41. The lowest BCUT2D eigenvalue weighted by Crippen LogP contribution is -2.13. The van der Waals surface area contributed by atoms with Crippen molar-refractivity contribution in [2.45, 2.75) is 6.29 Å². The molecule has 3 heteroatoms. The molecule has 0 amide bonds. The molecule has 0 aliphatic rings. The zero-order valence-corrected chi connectivity index (χ0v) is 4.37. The molecular formula is C5H8O3. The van der Waals surface area contributed by atoms with Gasteiger partial charge in [0.25, 0.3) is 0 Å². The van der Waals surface area contributed by atoms with E-state index in [9.17, 15) is 0 Å². The molecule has 2 N–H and O–H groups in total. The molecule has 46 valence electrons. The first-order valence-electron chi connectivity index (χ1n) is 2.14. The topological polar surface area (TPSA) is 49.7 Å². The predicted octanol–water partition coefficient (Wildman–Crippen LogP) is -1.05. The maximum absolute atomic E-state index is 8.14. The third kappa shape index (κ3) is 5.44. The number of terminal acetylenes is 1. The van der Waals surface area contributed by atoms with Crippen molar-refractivity contribution >= 4 is 0 Å². The summed E-state index contributed by atoms with van der Waals surface area (Å²) in [5, 5.41) is 16.3. The second kappa shape index (κ2) is 4.60. The molecule has 0 aromatic carbocycles.